The van der Waals surface area contributed by atoms with E-state index in [9.17, 15) is 18.0 Å². The highest BCUT2D eigenvalue weighted by Gasteiger charge is 2.44. The number of anilines is 1. The van der Waals surface area contributed by atoms with Gasteiger partial charge in [0.1, 0.15) is 0 Å². The minimum Gasteiger partial charge on any atom is -0.444 e. The average Bonchev–Trinajstić information content (AvgIpc) is 3.38. The summed E-state index contributed by atoms with van der Waals surface area (Å²) >= 11 is 0. The van der Waals surface area contributed by atoms with Crippen LogP contribution >= 0.6 is 0 Å². The molecule has 2 bridgehead atoms. The number of urea groups is 1. The van der Waals surface area contributed by atoms with Crippen molar-refractivity contribution in [1.82, 2.24) is 9.88 Å². The number of alkyl halides is 3. The minimum atomic E-state index is -4.53. The van der Waals surface area contributed by atoms with Crippen LogP contribution in [0.5, 0.6) is 0 Å². The fourth-order valence-corrected chi connectivity index (χ4v) is 4.52. The SMILES string of the molecule is O=C(N1CCc2c(-c3cnco3)cc(C(F)(F)F)cc21)N1C2CCC1COC2. The molecule has 2 unspecified atom stereocenters. The lowest BCUT2D eigenvalue weighted by Crippen LogP contribution is -2.54. The van der Waals surface area contributed by atoms with E-state index in [1.807, 2.05) is 0 Å². The first-order chi connectivity index (χ1) is 13.4. The molecule has 0 N–H and O–H groups in total. The number of rotatable bonds is 1. The van der Waals surface area contributed by atoms with E-state index >= 15 is 0 Å². The molecule has 3 aliphatic rings. The average molecular weight is 393 g/mol. The van der Waals surface area contributed by atoms with Crippen LogP contribution in [0.2, 0.25) is 0 Å². The third kappa shape index (κ3) is 2.68. The summed E-state index contributed by atoms with van der Waals surface area (Å²) in [5.74, 6) is 0.267. The zero-order chi connectivity index (χ0) is 19.5. The summed E-state index contributed by atoms with van der Waals surface area (Å²) in [6.07, 6.45) is 0.244. The van der Waals surface area contributed by atoms with Gasteiger partial charge in [0.05, 0.1) is 42.7 Å². The number of carbonyl (C=O) groups excluding carboxylic acids is 1. The molecule has 0 radical (unpaired) electrons. The number of fused-ring (bicyclic) bond motifs is 3. The number of hydrogen-bond acceptors (Lipinski definition) is 4. The first kappa shape index (κ1) is 17.5. The summed E-state index contributed by atoms with van der Waals surface area (Å²) in [5, 5.41) is 0. The van der Waals surface area contributed by atoms with E-state index in [-0.39, 0.29) is 23.9 Å². The predicted octanol–water partition coefficient (Wildman–Crippen LogP) is 3.71. The maximum Gasteiger partial charge on any atom is 0.416 e. The Morgan fingerprint density at radius 2 is 1.93 bits per heavy atom. The van der Waals surface area contributed by atoms with E-state index < -0.39 is 11.7 Å². The van der Waals surface area contributed by atoms with Crippen LogP contribution in [0.1, 0.15) is 24.0 Å². The fourth-order valence-electron chi connectivity index (χ4n) is 4.52. The number of morpholine rings is 1. The van der Waals surface area contributed by atoms with Crippen LogP contribution in [0.3, 0.4) is 0 Å². The van der Waals surface area contributed by atoms with Gasteiger partial charge in [-0.25, -0.2) is 9.78 Å². The Morgan fingerprint density at radius 1 is 1.18 bits per heavy atom. The molecular weight excluding hydrogens is 375 g/mol. The molecule has 1 aromatic carbocycles. The third-order valence-electron chi connectivity index (χ3n) is 5.82. The fraction of sp³-hybridized carbons (Fsp3) is 0.474. The molecule has 0 saturated carbocycles. The maximum absolute atomic E-state index is 13.5. The number of carbonyl (C=O) groups is 1. The Morgan fingerprint density at radius 3 is 2.57 bits per heavy atom. The summed E-state index contributed by atoms with van der Waals surface area (Å²) in [7, 11) is 0. The van der Waals surface area contributed by atoms with Crippen LogP contribution in [0, 0.1) is 0 Å². The normalized spacial score (nSPS) is 24.0. The number of oxazole rings is 1. The lowest BCUT2D eigenvalue weighted by molar-refractivity contribution is -0.137. The number of ether oxygens (including phenoxy) is 1. The summed E-state index contributed by atoms with van der Waals surface area (Å²) in [6.45, 7) is 1.30. The number of nitrogens with zero attached hydrogens (tertiary/aromatic N) is 3. The molecule has 28 heavy (non-hydrogen) atoms. The van der Waals surface area contributed by atoms with Gasteiger partial charge in [0, 0.05) is 12.1 Å². The molecule has 0 aliphatic carbocycles. The van der Waals surface area contributed by atoms with Gasteiger partial charge in [-0.15, -0.1) is 0 Å². The van der Waals surface area contributed by atoms with Crippen LogP contribution in [-0.4, -0.2) is 47.8 Å². The van der Waals surface area contributed by atoms with Crippen molar-refractivity contribution in [3.8, 4) is 11.3 Å². The van der Waals surface area contributed by atoms with E-state index in [2.05, 4.69) is 4.98 Å². The molecule has 2 atom stereocenters. The summed E-state index contributed by atoms with van der Waals surface area (Å²) in [4.78, 5) is 20.4. The predicted molar refractivity (Wildman–Crippen MR) is 92.9 cm³/mol. The van der Waals surface area contributed by atoms with E-state index in [1.54, 1.807) is 4.90 Å². The van der Waals surface area contributed by atoms with Crippen molar-refractivity contribution < 1.29 is 27.1 Å². The van der Waals surface area contributed by atoms with E-state index in [0.717, 1.165) is 25.0 Å². The number of hydrogen-bond donors (Lipinski definition) is 0. The third-order valence-corrected chi connectivity index (χ3v) is 5.82. The van der Waals surface area contributed by atoms with Crippen LogP contribution in [0.4, 0.5) is 23.7 Å². The van der Waals surface area contributed by atoms with Crippen molar-refractivity contribution in [2.75, 3.05) is 24.7 Å². The molecule has 2 fully saturated rings. The molecule has 0 spiro atoms. The van der Waals surface area contributed by atoms with Gasteiger partial charge < -0.3 is 14.1 Å². The van der Waals surface area contributed by atoms with Crippen molar-refractivity contribution >= 4 is 11.7 Å². The number of aromatic nitrogens is 1. The van der Waals surface area contributed by atoms with Gasteiger partial charge in [0.2, 0.25) is 0 Å². The molecule has 148 valence electrons. The highest BCUT2D eigenvalue weighted by Crippen LogP contribution is 2.43. The van der Waals surface area contributed by atoms with Crippen LogP contribution < -0.4 is 4.90 Å². The summed E-state index contributed by atoms with van der Waals surface area (Å²) in [5.41, 5.74) is 0.515. The highest BCUT2D eigenvalue weighted by molar-refractivity contribution is 5.96. The van der Waals surface area contributed by atoms with Gasteiger partial charge in [0.25, 0.3) is 0 Å². The second-order valence-corrected chi connectivity index (χ2v) is 7.40. The van der Waals surface area contributed by atoms with Crippen molar-refractivity contribution in [2.45, 2.75) is 37.5 Å². The topological polar surface area (TPSA) is 58.8 Å². The molecule has 2 saturated heterocycles. The van der Waals surface area contributed by atoms with Crippen LogP contribution in [0.25, 0.3) is 11.3 Å². The zero-order valence-corrected chi connectivity index (χ0v) is 14.9. The quantitative estimate of drug-likeness (QED) is 0.741. The van der Waals surface area contributed by atoms with E-state index in [0.29, 0.717) is 43.0 Å². The van der Waals surface area contributed by atoms with Crippen LogP contribution in [0.15, 0.2) is 29.1 Å². The highest BCUT2D eigenvalue weighted by atomic mass is 19.4. The standard InChI is InChI=1S/C19H18F3N3O3/c20-19(21,22)11-5-15(17-7-23-10-28-17)14-3-4-24(16(14)6-11)18(26)25-12-1-2-13(25)9-27-8-12/h5-7,10,12-13H,1-4,8-9H2. The Labute approximate surface area is 158 Å². The lowest BCUT2D eigenvalue weighted by Gasteiger charge is -2.37. The Kier molecular flexibility index (Phi) is 3.90. The van der Waals surface area contributed by atoms with Gasteiger partial charge in [-0.2, -0.15) is 13.2 Å². The first-order valence-corrected chi connectivity index (χ1v) is 9.24. The van der Waals surface area contributed by atoms with Crippen molar-refractivity contribution in [1.29, 1.82) is 0 Å². The number of amides is 2. The Bertz CT molecular complexity index is 897. The van der Waals surface area contributed by atoms with Gasteiger partial charge in [0.15, 0.2) is 12.2 Å². The van der Waals surface area contributed by atoms with Gasteiger partial charge in [-0.1, -0.05) is 0 Å². The summed E-state index contributed by atoms with van der Waals surface area (Å²) < 4.78 is 51.3. The molecule has 3 aliphatic heterocycles. The molecule has 2 aromatic rings. The lowest BCUT2D eigenvalue weighted by atomic mass is 9.99. The van der Waals surface area contributed by atoms with Crippen molar-refractivity contribution in [3.05, 3.63) is 35.9 Å². The first-order valence-electron chi connectivity index (χ1n) is 9.24. The molecule has 2 amide bonds. The smallest absolute Gasteiger partial charge is 0.416 e. The van der Waals surface area contributed by atoms with Crippen molar-refractivity contribution in [2.24, 2.45) is 0 Å². The number of halogens is 3. The monoisotopic (exact) mass is 393 g/mol. The molecule has 4 heterocycles. The molecular formula is C19H18F3N3O3. The van der Waals surface area contributed by atoms with E-state index in [1.165, 1.54) is 17.5 Å². The molecule has 5 rings (SSSR count). The minimum absolute atomic E-state index is 0.00478. The second-order valence-electron chi connectivity index (χ2n) is 7.40. The molecule has 6 nitrogen and oxygen atoms in total. The van der Waals surface area contributed by atoms with Gasteiger partial charge in [-0.3, -0.25) is 4.90 Å². The zero-order valence-electron chi connectivity index (χ0n) is 14.9. The van der Waals surface area contributed by atoms with Gasteiger partial charge >= 0.3 is 12.2 Å². The molecule has 9 heteroatoms. The van der Waals surface area contributed by atoms with E-state index in [4.69, 9.17) is 9.15 Å². The van der Waals surface area contributed by atoms with Gasteiger partial charge in [-0.05, 0) is 37.0 Å². The Balaban J connectivity index is 1.57. The number of benzene rings is 1. The van der Waals surface area contributed by atoms with Crippen molar-refractivity contribution in [3.63, 3.8) is 0 Å². The Hall–Kier alpha value is -2.55. The summed E-state index contributed by atoms with van der Waals surface area (Å²) in [6, 6.07) is 1.90. The molecule has 1 aromatic heterocycles. The van der Waals surface area contributed by atoms with Crippen LogP contribution in [-0.2, 0) is 17.3 Å². The maximum atomic E-state index is 13.5. The second kappa shape index (κ2) is 6.23. The largest absolute Gasteiger partial charge is 0.444 e.